The quantitative estimate of drug-likeness (QED) is 0.457. The van der Waals surface area contributed by atoms with Gasteiger partial charge in [0.25, 0.3) is 15.9 Å². The normalized spacial score (nSPS) is 15.1. The van der Waals surface area contributed by atoms with Gasteiger partial charge in [0.1, 0.15) is 11.5 Å². The molecule has 0 saturated heterocycles. The third kappa shape index (κ3) is 5.75. The van der Waals surface area contributed by atoms with Crippen molar-refractivity contribution in [1.29, 1.82) is 0 Å². The number of hydrogen-bond acceptors (Lipinski definition) is 6. The van der Waals surface area contributed by atoms with E-state index in [0.29, 0.717) is 30.4 Å². The minimum atomic E-state index is -3.95. The van der Waals surface area contributed by atoms with Crippen LogP contribution >= 0.6 is 0 Å². The molecule has 0 saturated carbocycles. The van der Waals surface area contributed by atoms with Gasteiger partial charge in [-0.25, -0.2) is 8.42 Å². The number of hydrogen-bond donors (Lipinski definition) is 1. The van der Waals surface area contributed by atoms with Crippen molar-refractivity contribution in [3.05, 3.63) is 83.9 Å². The van der Waals surface area contributed by atoms with Crippen LogP contribution in [0.15, 0.2) is 77.7 Å². The van der Waals surface area contributed by atoms with Crippen LogP contribution in [-0.4, -0.2) is 47.2 Å². The van der Waals surface area contributed by atoms with Gasteiger partial charge in [-0.2, -0.15) is 0 Å². The molecule has 0 bridgehead atoms. The summed E-state index contributed by atoms with van der Waals surface area (Å²) in [5.74, 6) is 0.475. The molecule has 1 heterocycles. The maximum absolute atomic E-state index is 13.5. The average Bonchev–Trinajstić information content (AvgIpc) is 2.88. The van der Waals surface area contributed by atoms with Gasteiger partial charge in [-0.05, 0) is 54.4 Å². The second kappa shape index (κ2) is 10.8. The highest BCUT2D eigenvalue weighted by molar-refractivity contribution is 7.92. The minimum Gasteiger partial charge on any atom is -0.497 e. The number of benzene rings is 3. The van der Waals surface area contributed by atoms with Gasteiger partial charge in [0.2, 0.25) is 0 Å². The SMILES string of the molecule is COc1ccc(S(=O)(=O)N2CC(C(=O)NCCOCc3ccccc3)Oc3ccc(C)cc32)cc1. The number of nitrogens with one attached hydrogen (secondary N) is 1. The molecule has 1 N–H and O–H groups in total. The lowest BCUT2D eigenvalue weighted by molar-refractivity contribution is -0.128. The van der Waals surface area contributed by atoms with E-state index in [1.165, 1.54) is 23.5 Å². The van der Waals surface area contributed by atoms with E-state index in [1.807, 2.05) is 43.3 Å². The Labute approximate surface area is 205 Å². The summed E-state index contributed by atoms with van der Waals surface area (Å²) in [6.45, 7) is 2.75. The lowest BCUT2D eigenvalue weighted by atomic mass is 10.1. The van der Waals surface area contributed by atoms with E-state index in [0.717, 1.165) is 11.1 Å². The number of carbonyl (C=O) groups excluding carboxylic acids is 1. The van der Waals surface area contributed by atoms with Crippen LogP contribution in [0, 0.1) is 6.92 Å². The van der Waals surface area contributed by atoms with Crippen molar-refractivity contribution in [2.45, 2.75) is 24.5 Å². The maximum atomic E-state index is 13.5. The summed E-state index contributed by atoms with van der Waals surface area (Å²) >= 11 is 0. The lowest BCUT2D eigenvalue weighted by Gasteiger charge is -2.35. The number of nitrogens with zero attached hydrogens (tertiary/aromatic N) is 1. The Morgan fingerprint density at radius 2 is 1.83 bits per heavy atom. The first kappa shape index (κ1) is 24.6. The van der Waals surface area contributed by atoms with Gasteiger partial charge >= 0.3 is 0 Å². The summed E-state index contributed by atoms with van der Waals surface area (Å²) in [6, 6.07) is 21.1. The summed E-state index contributed by atoms with van der Waals surface area (Å²) in [4.78, 5) is 13.0. The molecule has 4 rings (SSSR count). The van der Waals surface area contributed by atoms with Gasteiger partial charge in [0.05, 0.1) is 37.5 Å². The molecular weight excluding hydrogens is 468 g/mol. The highest BCUT2D eigenvalue weighted by atomic mass is 32.2. The van der Waals surface area contributed by atoms with Crippen LogP contribution in [0.1, 0.15) is 11.1 Å². The van der Waals surface area contributed by atoms with E-state index in [-0.39, 0.29) is 18.0 Å². The fourth-order valence-electron chi connectivity index (χ4n) is 3.72. The number of carbonyl (C=O) groups is 1. The van der Waals surface area contributed by atoms with Crippen molar-refractivity contribution >= 4 is 21.6 Å². The molecule has 1 unspecified atom stereocenters. The molecular formula is C26H28N2O6S. The third-order valence-corrected chi connectivity index (χ3v) is 7.37. The number of ether oxygens (including phenoxy) is 3. The van der Waals surface area contributed by atoms with Gasteiger partial charge in [-0.1, -0.05) is 36.4 Å². The number of aryl methyl sites for hydroxylation is 1. The number of fused-ring (bicyclic) bond motifs is 1. The summed E-state index contributed by atoms with van der Waals surface area (Å²) in [6.07, 6.45) is -1.01. The molecule has 3 aromatic carbocycles. The standard InChI is InChI=1S/C26H28N2O6S/c1-19-8-13-24-23(16-19)28(35(30,31)22-11-9-21(32-2)10-12-22)17-25(34-24)26(29)27-14-15-33-18-20-6-4-3-5-7-20/h3-13,16,25H,14-15,17-18H2,1-2H3,(H,27,29). The monoisotopic (exact) mass is 496 g/mol. The van der Waals surface area contributed by atoms with E-state index in [9.17, 15) is 13.2 Å². The number of sulfonamides is 1. The number of amides is 1. The van der Waals surface area contributed by atoms with Crippen LogP contribution in [0.3, 0.4) is 0 Å². The van der Waals surface area contributed by atoms with Crippen molar-refractivity contribution in [3.63, 3.8) is 0 Å². The Bertz CT molecular complexity index is 1260. The zero-order valence-corrected chi connectivity index (χ0v) is 20.5. The van der Waals surface area contributed by atoms with Crippen molar-refractivity contribution < 1.29 is 27.4 Å². The van der Waals surface area contributed by atoms with Crippen LogP contribution < -0.4 is 19.1 Å². The van der Waals surface area contributed by atoms with Gasteiger partial charge in [-0.3, -0.25) is 9.10 Å². The predicted molar refractivity (Wildman–Crippen MR) is 132 cm³/mol. The number of methoxy groups -OCH3 is 1. The summed E-state index contributed by atoms with van der Waals surface area (Å²) in [5.41, 5.74) is 2.32. The molecule has 0 aliphatic carbocycles. The summed E-state index contributed by atoms with van der Waals surface area (Å²) in [5, 5.41) is 2.78. The van der Waals surface area contributed by atoms with Crippen molar-refractivity contribution in [3.8, 4) is 11.5 Å². The van der Waals surface area contributed by atoms with Crippen molar-refractivity contribution in [2.24, 2.45) is 0 Å². The number of anilines is 1. The second-order valence-corrected chi connectivity index (χ2v) is 9.98. The zero-order chi connectivity index (χ0) is 24.8. The Morgan fingerprint density at radius 3 is 2.54 bits per heavy atom. The molecule has 9 heteroatoms. The Balaban J connectivity index is 1.46. The fourth-order valence-corrected chi connectivity index (χ4v) is 5.19. The van der Waals surface area contributed by atoms with Crippen LogP contribution in [0.2, 0.25) is 0 Å². The third-order valence-electron chi connectivity index (χ3n) is 5.58. The van der Waals surface area contributed by atoms with Gasteiger partial charge < -0.3 is 19.5 Å². The molecule has 0 spiro atoms. The van der Waals surface area contributed by atoms with Crippen molar-refractivity contribution in [1.82, 2.24) is 5.32 Å². The van der Waals surface area contributed by atoms with Gasteiger partial charge in [-0.15, -0.1) is 0 Å². The predicted octanol–water partition coefficient (Wildman–Crippen LogP) is 3.29. The van der Waals surface area contributed by atoms with Crippen molar-refractivity contribution in [2.75, 3.05) is 31.1 Å². The fraction of sp³-hybridized carbons (Fsp3) is 0.269. The molecule has 35 heavy (non-hydrogen) atoms. The van der Waals surface area contributed by atoms with Gasteiger partial charge in [0.15, 0.2) is 6.10 Å². The lowest BCUT2D eigenvalue weighted by Crippen LogP contribution is -2.51. The Kier molecular flexibility index (Phi) is 7.57. The smallest absolute Gasteiger partial charge is 0.264 e. The molecule has 0 aromatic heterocycles. The highest BCUT2D eigenvalue weighted by Gasteiger charge is 2.37. The Hall–Kier alpha value is -3.56. The second-order valence-electron chi connectivity index (χ2n) is 8.12. The molecule has 184 valence electrons. The topological polar surface area (TPSA) is 94.2 Å². The summed E-state index contributed by atoms with van der Waals surface area (Å²) < 4.78 is 45.0. The van der Waals surface area contributed by atoms with Crippen LogP contribution in [0.25, 0.3) is 0 Å². The van der Waals surface area contributed by atoms with E-state index in [4.69, 9.17) is 14.2 Å². The highest BCUT2D eigenvalue weighted by Crippen LogP contribution is 2.38. The number of rotatable bonds is 9. The largest absolute Gasteiger partial charge is 0.497 e. The van der Waals surface area contributed by atoms with E-state index in [1.54, 1.807) is 24.3 Å². The minimum absolute atomic E-state index is 0.0983. The van der Waals surface area contributed by atoms with E-state index >= 15 is 0 Å². The molecule has 1 amide bonds. The van der Waals surface area contributed by atoms with Crippen LogP contribution in [0.5, 0.6) is 11.5 Å². The van der Waals surface area contributed by atoms with Gasteiger partial charge in [0, 0.05) is 6.54 Å². The molecule has 8 nitrogen and oxygen atoms in total. The molecule has 0 radical (unpaired) electrons. The molecule has 0 fully saturated rings. The van der Waals surface area contributed by atoms with E-state index < -0.39 is 22.0 Å². The summed E-state index contributed by atoms with van der Waals surface area (Å²) in [7, 11) is -2.44. The zero-order valence-electron chi connectivity index (χ0n) is 19.6. The van der Waals surface area contributed by atoms with Crippen LogP contribution in [-0.2, 0) is 26.2 Å². The molecule has 3 aromatic rings. The van der Waals surface area contributed by atoms with E-state index in [2.05, 4.69) is 5.32 Å². The molecule has 1 aliphatic heterocycles. The first-order chi connectivity index (χ1) is 16.9. The first-order valence-corrected chi connectivity index (χ1v) is 12.7. The Morgan fingerprint density at radius 1 is 1.09 bits per heavy atom. The molecule has 1 atom stereocenters. The van der Waals surface area contributed by atoms with Crippen LogP contribution in [0.4, 0.5) is 5.69 Å². The average molecular weight is 497 g/mol. The molecule has 1 aliphatic rings. The first-order valence-electron chi connectivity index (χ1n) is 11.2. The maximum Gasteiger partial charge on any atom is 0.264 e.